The molecule has 18 heavy (non-hydrogen) atoms. The van der Waals surface area contributed by atoms with Gasteiger partial charge in [0, 0.05) is 18.9 Å². The first-order valence-electron chi connectivity index (χ1n) is 6.31. The van der Waals surface area contributed by atoms with E-state index in [-0.39, 0.29) is 12.2 Å². The summed E-state index contributed by atoms with van der Waals surface area (Å²) in [7, 11) is 0. The van der Waals surface area contributed by atoms with E-state index in [4.69, 9.17) is 0 Å². The Bertz CT molecular complexity index is 408. The molecule has 0 unspecified atom stereocenters. The van der Waals surface area contributed by atoms with Crippen LogP contribution in [0.15, 0.2) is 18.2 Å². The highest BCUT2D eigenvalue weighted by atomic mass is 19.1. The molecule has 0 atom stereocenters. The SMILES string of the molecule is O=C(Cc1cc(F)cc(F)c1)CC1CCNCC1. The van der Waals surface area contributed by atoms with Gasteiger partial charge in [-0.1, -0.05) is 0 Å². The fourth-order valence-corrected chi connectivity index (χ4v) is 2.42. The van der Waals surface area contributed by atoms with Crippen molar-refractivity contribution >= 4 is 5.78 Å². The van der Waals surface area contributed by atoms with Crippen molar-refractivity contribution in [3.63, 3.8) is 0 Å². The zero-order chi connectivity index (χ0) is 13.0. The van der Waals surface area contributed by atoms with Crippen LogP contribution < -0.4 is 5.32 Å². The van der Waals surface area contributed by atoms with Crippen molar-refractivity contribution in [1.29, 1.82) is 0 Å². The topological polar surface area (TPSA) is 29.1 Å². The van der Waals surface area contributed by atoms with Gasteiger partial charge in [0.05, 0.1) is 0 Å². The number of rotatable bonds is 4. The Hall–Kier alpha value is -1.29. The van der Waals surface area contributed by atoms with Crippen LogP contribution in [0.25, 0.3) is 0 Å². The van der Waals surface area contributed by atoms with Crippen LogP contribution in [-0.4, -0.2) is 18.9 Å². The third-order valence-corrected chi connectivity index (χ3v) is 3.30. The smallest absolute Gasteiger partial charge is 0.137 e. The van der Waals surface area contributed by atoms with Gasteiger partial charge >= 0.3 is 0 Å². The summed E-state index contributed by atoms with van der Waals surface area (Å²) in [5.74, 6) is -0.775. The average molecular weight is 253 g/mol. The summed E-state index contributed by atoms with van der Waals surface area (Å²) in [6, 6.07) is 3.27. The highest BCUT2D eigenvalue weighted by Gasteiger charge is 2.17. The predicted molar refractivity (Wildman–Crippen MR) is 65.3 cm³/mol. The van der Waals surface area contributed by atoms with E-state index in [0.717, 1.165) is 32.0 Å². The van der Waals surface area contributed by atoms with Crippen LogP contribution in [0.2, 0.25) is 0 Å². The molecule has 1 N–H and O–H groups in total. The van der Waals surface area contributed by atoms with E-state index in [1.54, 1.807) is 0 Å². The van der Waals surface area contributed by atoms with Crippen LogP contribution in [0, 0.1) is 17.6 Å². The molecule has 1 saturated heterocycles. The van der Waals surface area contributed by atoms with Gasteiger partial charge in [-0.3, -0.25) is 4.79 Å². The first-order chi connectivity index (χ1) is 8.63. The van der Waals surface area contributed by atoms with Crippen LogP contribution in [0.4, 0.5) is 8.78 Å². The molecule has 0 bridgehead atoms. The van der Waals surface area contributed by atoms with E-state index in [1.165, 1.54) is 12.1 Å². The molecule has 1 aliphatic heterocycles. The van der Waals surface area contributed by atoms with Crippen molar-refractivity contribution in [1.82, 2.24) is 5.32 Å². The van der Waals surface area contributed by atoms with Gasteiger partial charge in [-0.2, -0.15) is 0 Å². The van der Waals surface area contributed by atoms with Crippen molar-refractivity contribution in [3.8, 4) is 0 Å². The second-order valence-electron chi connectivity index (χ2n) is 4.89. The number of nitrogens with one attached hydrogen (secondary N) is 1. The van der Waals surface area contributed by atoms with Gasteiger partial charge in [0.15, 0.2) is 0 Å². The summed E-state index contributed by atoms with van der Waals surface area (Å²) in [6.07, 6.45) is 2.64. The number of piperidine rings is 1. The molecule has 98 valence electrons. The Labute approximate surface area is 105 Å². The monoisotopic (exact) mass is 253 g/mol. The minimum absolute atomic E-state index is 0.0619. The van der Waals surface area contributed by atoms with Crippen molar-refractivity contribution < 1.29 is 13.6 Å². The van der Waals surface area contributed by atoms with Gasteiger partial charge in [0.25, 0.3) is 0 Å². The third-order valence-electron chi connectivity index (χ3n) is 3.30. The molecule has 0 saturated carbocycles. The van der Waals surface area contributed by atoms with Crippen LogP contribution in [-0.2, 0) is 11.2 Å². The van der Waals surface area contributed by atoms with Gasteiger partial charge in [0.1, 0.15) is 17.4 Å². The number of hydrogen-bond acceptors (Lipinski definition) is 2. The summed E-state index contributed by atoms with van der Waals surface area (Å²) < 4.78 is 26.0. The molecular formula is C14H17F2NO. The maximum atomic E-state index is 13.0. The number of carbonyl (C=O) groups is 1. The fraction of sp³-hybridized carbons (Fsp3) is 0.500. The van der Waals surface area contributed by atoms with Gasteiger partial charge in [-0.15, -0.1) is 0 Å². The van der Waals surface area contributed by atoms with Crippen molar-refractivity contribution in [3.05, 3.63) is 35.4 Å². The first-order valence-corrected chi connectivity index (χ1v) is 6.31. The highest BCUT2D eigenvalue weighted by molar-refractivity contribution is 5.81. The second kappa shape index (κ2) is 6.05. The number of carbonyl (C=O) groups excluding carboxylic acids is 1. The highest BCUT2D eigenvalue weighted by Crippen LogP contribution is 2.18. The van der Waals surface area contributed by atoms with Gasteiger partial charge in [-0.25, -0.2) is 8.78 Å². The Balaban J connectivity index is 1.89. The molecular weight excluding hydrogens is 236 g/mol. The molecule has 1 heterocycles. The van der Waals surface area contributed by atoms with Crippen molar-refractivity contribution in [2.75, 3.05) is 13.1 Å². The van der Waals surface area contributed by atoms with Crippen LogP contribution in [0.5, 0.6) is 0 Å². The summed E-state index contributed by atoms with van der Waals surface area (Å²) in [5, 5.41) is 3.24. The molecule has 2 nitrogen and oxygen atoms in total. The Morgan fingerprint density at radius 3 is 2.39 bits per heavy atom. The van der Waals surface area contributed by atoms with E-state index in [9.17, 15) is 13.6 Å². The summed E-state index contributed by atoms with van der Waals surface area (Å²) in [5.41, 5.74) is 0.423. The lowest BCUT2D eigenvalue weighted by Gasteiger charge is -2.21. The maximum absolute atomic E-state index is 13.0. The average Bonchev–Trinajstić information content (AvgIpc) is 2.28. The molecule has 1 aromatic carbocycles. The van der Waals surface area contributed by atoms with E-state index >= 15 is 0 Å². The maximum Gasteiger partial charge on any atom is 0.137 e. The largest absolute Gasteiger partial charge is 0.317 e. The summed E-state index contributed by atoms with van der Waals surface area (Å²) in [4.78, 5) is 11.8. The van der Waals surface area contributed by atoms with Gasteiger partial charge < -0.3 is 5.32 Å². The van der Waals surface area contributed by atoms with Gasteiger partial charge in [-0.05, 0) is 49.5 Å². The molecule has 0 aromatic heterocycles. The minimum Gasteiger partial charge on any atom is -0.317 e. The van der Waals surface area contributed by atoms with Crippen LogP contribution >= 0.6 is 0 Å². The number of Topliss-reactive ketones (excluding diaryl/α,β-unsaturated/α-hetero) is 1. The van der Waals surface area contributed by atoms with Gasteiger partial charge in [0.2, 0.25) is 0 Å². The van der Waals surface area contributed by atoms with Crippen molar-refractivity contribution in [2.24, 2.45) is 5.92 Å². The molecule has 1 aliphatic rings. The van der Waals surface area contributed by atoms with E-state index in [2.05, 4.69) is 5.32 Å². The zero-order valence-corrected chi connectivity index (χ0v) is 10.2. The van der Waals surface area contributed by atoms with E-state index in [0.29, 0.717) is 17.9 Å². The van der Waals surface area contributed by atoms with Crippen LogP contribution in [0.3, 0.4) is 0 Å². The molecule has 2 rings (SSSR count). The van der Waals surface area contributed by atoms with E-state index in [1.807, 2.05) is 0 Å². The molecule has 0 radical (unpaired) electrons. The predicted octanol–water partition coefficient (Wildman–Crippen LogP) is 2.47. The lowest BCUT2D eigenvalue weighted by molar-refractivity contribution is -0.119. The summed E-state index contributed by atoms with van der Waals surface area (Å²) in [6.45, 7) is 1.90. The lowest BCUT2D eigenvalue weighted by atomic mass is 9.91. The molecule has 0 aliphatic carbocycles. The number of halogens is 2. The Kier molecular flexibility index (Phi) is 4.42. The molecule has 4 heteroatoms. The summed E-state index contributed by atoms with van der Waals surface area (Å²) >= 11 is 0. The normalized spacial score (nSPS) is 16.8. The molecule has 0 spiro atoms. The lowest BCUT2D eigenvalue weighted by Crippen LogP contribution is -2.29. The second-order valence-corrected chi connectivity index (χ2v) is 4.89. The molecule has 0 amide bonds. The Morgan fingerprint density at radius 1 is 1.17 bits per heavy atom. The first kappa shape index (κ1) is 13.1. The zero-order valence-electron chi connectivity index (χ0n) is 10.2. The number of hydrogen-bond donors (Lipinski definition) is 1. The van der Waals surface area contributed by atoms with Crippen LogP contribution in [0.1, 0.15) is 24.8 Å². The quantitative estimate of drug-likeness (QED) is 0.893. The molecule has 1 fully saturated rings. The fourth-order valence-electron chi connectivity index (χ4n) is 2.42. The standard InChI is InChI=1S/C14H17F2NO/c15-12-5-11(6-13(16)9-12)8-14(18)7-10-1-3-17-4-2-10/h5-6,9-10,17H,1-4,7-8H2. The third kappa shape index (κ3) is 3.88. The number of benzene rings is 1. The van der Waals surface area contributed by atoms with E-state index < -0.39 is 11.6 Å². The van der Waals surface area contributed by atoms with Crippen molar-refractivity contribution in [2.45, 2.75) is 25.7 Å². The Morgan fingerprint density at radius 2 is 1.78 bits per heavy atom. The molecule has 1 aromatic rings. The minimum atomic E-state index is -0.625. The number of ketones is 1.